The van der Waals surface area contributed by atoms with Crippen molar-refractivity contribution in [2.24, 2.45) is 11.8 Å². The van der Waals surface area contributed by atoms with Gasteiger partial charge in [-0.3, -0.25) is 9.59 Å². The Hall–Kier alpha value is -4.13. The molecule has 0 spiro atoms. The molecule has 204 valence electrons. The van der Waals surface area contributed by atoms with Gasteiger partial charge >= 0.3 is 12.1 Å². The third-order valence-electron chi connectivity index (χ3n) is 7.40. The Kier molecular flexibility index (Phi) is 9.36. The number of nitrogens with zero attached hydrogens (tertiary/aromatic N) is 1. The summed E-state index contributed by atoms with van der Waals surface area (Å²) in [5.41, 5.74) is 5.58. The van der Waals surface area contributed by atoms with Gasteiger partial charge in [0.15, 0.2) is 0 Å². The summed E-state index contributed by atoms with van der Waals surface area (Å²) in [6.07, 6.45) is -0.432. The zero-order chi connectivity index (χ0) is 27.8. The predicted molar refractivity (Wildman–Crippen MR) is 150 cm³/mol. The number of hydrogen-bond donors (Lipinski definition) is 2. The van der Waals surface area contributed by atoms with Crippen molar-refractivity contribution < 1.29 is 24.2 Å². The highest BCUT2D eigenvalue weighted by atomic mass is 16.5. The minimum atomic E-state index is -0.946. The first-order valence-electron chi connectivity index (χ1n) is 13.5. The summed E-state index contributed by atoms with van der Waals surface area (Å²) in [7, 11) is 0. The van der Waals surface area contributed by atoms with Crippen LogP contribution in [0.1, 0.15) is 49.3 Å². The number of ether oxygens (including phenoxy) is 1. The van der Waals surface area contributed by atoms with Gasteiger partial charge in [0.1, 0.15) is 6.61 Å². The van der Waals surface area contributed by atoms with Gasteiger partial charge < -0.3 is 20.1 Å². The fourth-order valence-corrected chi connectivity index (χ4v) is 5.09. The smallest absolute Gasteiger partial charge is 0.407 e. The zero-order valence-corrected chi connectivity index (χ0v) is 22.5. The van der Waals surface area contributed by atoms with E-state index in [9.17, 15) is 14.4 Å². The van der Waals surface area contributed by atoms with Crippen LogP contribution in [0.3, 0.4) is 0 Å². The van der Waals surface area contributed by atoms with E-state index in [2.05, 4.69) is 29.6 Å². The van der Waals surface area contributed by atoms with Crippen molar-refractivity contribution in [1.29, 1.82) is 0 Å². The molecule has 1 atom stereocenters. The van der Waals surface area contributed by atoms with E-state index in [1.54, 1.807) is 4.90 Å². The van der Waals surface area contributed by atoms with Crippen LogP contribution in [0.4, 0.5) is 4.79 Å². The second kappa shape index (κ2) is 13.1. The van der Waals surface area contributed by atoms with Crippen LogP contribution < -0.4 is 5.32 Å². The SMILES string of the molecule is CC(C)C(CNC(=O)OCC1c2ccccc2-c2ccccc21)CC(=O)N(CCC(=O)O)Cc1ccccc1. The molecule has 0 saturated heterocycles. The molecular formula is C32H36N2O5. The van der Waals surface area contributed by atoms with Crippen LogP contribution in [0.25, 0.3) is 11.1 Å². The van der Waals surface area contributed by atoms with Gasteiger partial charge in [0.2, 0.25) is 5.91 Å². The largest absolute Gasteiger partial charge is 0.481 e. The number of alkyl carbamates (subject to hydrolysis) is 1. The molecule has 3 aromatic rings. The second-order valence-electron chi connectivity index (χ2n) is 10.4. The van der Waals surface area contributed by atoms with Crippen molar-refractivity contribution in [1.82, 2.24) is 10.2 Å². The van der Waals surface area contributed by atoms with Gasteiger partial charge in [-0.05, 0) is 39.7 Å². The number of fused-ring (bicyclic) bond motifs is 3. The number of hydrogen-bond acceptors (Lipinski definition) is 4. The third kappa shape index (κ3) is 7.25. The number of aliphatic carboxylic acids is 1. The Morgan fingerprint density at radius 2 is 1.49 bits per heavy atom. The predicted octanol–water partition coefficient (Wildman–Crippen LogP) is 5.69. The highest BCUT2D eigenvalue weighted by Gasteiger charge is 2.29. The molecule has 7 nitrogen and oxygen atoms in total. The van der Waals surface area contributed by atoms with Crippen LogP contribution in [0, 0.1) is 11.8 Å². The van der Waals surface area contributed by atoms with Gasteiger partial charge in [-0.1, -0.05) is 92.7 Å². The van der Waals surface area contributed by atoms with Crippen molar-refractivity contribution in [3.63, 3.8) is 0 Å². The number of nitrogens with one attached hydrogen (secondary N) is 1. The van der Waals surface area contributed by atoms with E-state index in [0.29, 0.717) is 6.54 Å². The zero-order valence-electron chi connectivity index (χ0n) is 22.5. The summed E-state index contributed by atoms with van der Waals surface area (Å²) >= 11 is 0. The Labute approximate surface area is 229 Å². The van der Waals surface area contributed by atoms with Crippen LogP contribution in [-0.4, -0.2) is 47.7 Å². The molecule has 2 N–H and O–H groups in total. The summed E-state index contributed by atoms with van der Waals surface area (Å²) in [4.78, 5) is 38.7. The maximum atomic E-state index is 13.2. The first-order chi connectivity index (χ1) is 18.8. The number of rotatable bonds is 12. The van der Waals surface area contributed by atoms with E-state index in [0.717, 1.165) is 16.7 Å². The lowest BCUT2D eigenvalue weighted by Crippen LogP contribution is -2.38. The van der Waals surface area contributed by atoms with Crippen LogP contribution in [0.5, 0.6) is 0 Å². The highest BCUT2D eigenvalue weighted by Crippen LogP contribution is 2.44. The molecule has 2 amide bonds. The molecule has 0 heterocycles. The van der Waals surface area contributed by atoms with E-state index in [-0.39, 0.29) is 56.2 Å². The molecule has 1 unspecified atom stereocenters. The molecule has 1 aliphatic carbocycles. The molecule has 0 saturated carbocycles. The second-order valence-corrected chi connectivity index (χ2v) is 10.4. The maximum Gasteiger partial charge on any atom is 0.407 e. The lowest BCUT2D eigenvalue weighted by atomic mass is 9.91. The van der Waals surface area contributed by atoms with Gasteiger partial charge in [0.25, 0.3) is 0 Å². The fourth-order valence-electron chi connectivity index (χ4n) is 5.09. The summed E-state index contributed by atoms with van der Waals surface area (Å²) in [5, 5.41) is 12.0. The standard InChI is InChI=1S/C32H36N2O5/c1-22(2)24(18-30(35)34(17-16-31(36)37)20-23-10-4-3-5-11-23)19-33-32(38)39-21-29-27-14-8-6-12-25(27)26-13-7-9-15-28(26)29/h3-15,22,24,29H,16-21H2,1-2H3,(H,33,38)(H,36,37). The maximum absolute atomic E-state index is 13.2. The summed E-state index contributed by atoms with van der Waals surface area (Å²) in [6, 6.07) is 25.9. The summed E-state index contributed by atoms with van der Waals surface area (Å²) in [6.45, 7) is 5.01. The molecule has 0 fully saturated rings. The summed E-state index contributed by atoms with van der Waals surface area (Å²) < 4.78 is 5.66. The minimum Gasteiger partial charge on any atom is -0.481 e. The molecule has 7 heteroatoms. The monoisotopic (exact) mass is 528 g/mol. The average Bonchev–Trinajstić information content (AvgIpc) is 3.26. The van der Waals surface area contributed by atoms with Crippen molar-refractivity contribution in [2.75, 3.05) is 19.7 Å². The molecule has 0 aliphatic heterocycles. The van der Waals surface area contributed by atoms with E-state index >= 15 is 0 Å². The van der Waals surface area contributed by atoms with Crippen molar-refractivity contribution >= 4 is 18.0 Å². The number of carboxylic acid groups (broad SMARTS) is 1. The lowest BCUT2D eigenvalue weighted by molar-refractivity contribution is -0.139. The molecule has 39 heavy (non-hydrogen) atoms. The number of amides is 2. The van der Waals surface area contributed by atoms with Gasteiger partial charge in [0.05, 0.1) is 6.42 Å². The van der Waals surface area contributed by atoms with Gasteiger partial charge in [0, 0.05) is 32.0 Å². The van der Waals surface area contributed by atoms with Gasteiger partial charge in [-0.15, -0.1) is 0 Å². The summed E-state index contributed by atoms with van der Waals surface area (Å²) in [5.74, 6) is -1.10. The topological polar surface area (TPSA) is 95.9 Å². The van der Waals surface area contributed by atoms with Crippen LogP contribution in [0.15, 0.2) is 78.9 Å². The Morgan fingerprint density at radius 1 is 0.897 bits per heavy atom. The Balaban J connectivity index is 1.33. The van der Waals surface area contributed by atoms with E-state index < -0.39 is 12.1 Å². The third-order valence-corrected chi connectivity index (χ3v) is 7.40. The van der Waals surface area contributed by atoms with Crippen LogP contribution >= 0.6 is 0 Å². The molecular weight excluding hydrogens is 492 g/mol. The van der Waals surface area contributed by atoms with Crippen molar-refractivity contribution in [3.8, 4) is 11.1 Å². The minimum absolute atomic E-state index is 0.0218. The van der Waals surface area contributed by atoms with E-state index in [1.807, 2.05) is 68.4 Å². The Morgan fingerprint density at radius 3 is 2.08 bits per heavy atom. The molecule has 0 radical (unpaired) electrons. The van der Waals surface area contributed by atoms with Crippen LogP contribution in [-0.2, 0) is 20.9 Å². The number of benzene rings is 3. The quantitative estimate of drug-likeness (QED) is 0.315. The normalized spacial score (nSPS) is 12.9. The van der Waals surface area contributed by atoms with Crippen molar-refractivity contribution in [2.45, 2.75) is 39.2 Å². The molecule has 3 aromatic carbocycles. The van der Waals surface area contributed by atoms with Gasteiger partial charge in [-0.25, -0.2) is 4.79 Å². The average molecular weight is 529 g/mol. The number of carbonyl (C=O) groups is 3. The van der Waals surface area contributed by atoms with E-state index in [4.69, 9.17) is 9.84 Å². The number of carboxylic acids is 1. The lowest BCUT2D eigenvalue weighted by Gasteiger charge is -2.27. The van der Waals surface area contributed by atoms with Crippen LogP contribution in [0.2, 0.25) is 0 Å². The molecule has 0 bridgehead atoms. The number of carbonyl (C=O) groups excluding carboxylic acids is 2. The van der Waals surface area contributed by atoms with Gasteiger partial charge in [-0.2, -0.15) is 0 Å². The first-order valence-corrected chi connectivity index (χ1v) is 13.5. The van der Waals surface area contributed by atoms with E-state index in [1.165, 1.54) is 11.1 Å². The first kappa shape index (κ1) is 27.9. The van der Waals surface area contributed by atoms with Crippen molar-refractivity contribution in [3.05, 3.63) is 95.6 Å². The molecule has 4 rings (SSSR count). The highest BCUT2D eigenvalue weighted by molar-refractivity contribution is 5.79. The fraction of sp³-hybridized carbons (Fsp3) is 0.344. The Bertz CT molecular complexity index is 1240. The molecule has 1 aliphatic rings. The molecule has 0 aromatic heterocycles.